The lowest BCUT2D eigenvalue weighted by Gasteiger charge is -2.07. The Kier molecular flexibility index (Phi) is 2.72. The Bertz CT molecular complexity index is 101. The molecule has 1 N–H and O–H groups in total. The van der Waals surface area contributed by atoms with Crippen LogP contribution in [0.1, 0.15) is 39.5 Å². The zero-order valence-electron chi connectivity index (χ0n) is 7.01. The lowest BCUT2D eigenvalue weighted by Crippen LogP contribution is -2.09. The van der Waals surface area contributed by atoms with Crippen LogP contribution in [-0.4, -0.2) is 11.2 Å². The van der Waals surface area contributed by atoms with E-state index in [0.29, 0.717) is 5.92 Å². The van der Waals surface area contributed by atoms with Crippen molar-refractivity contribution in [1.82, 2.24) is 0 Å². The van der Waals surface area contributed by atoms with Crippen LogP contribution >= 0.6 is 0 Å². The van der Waals surface area contributed by atoms with Crippen LogP contribution in [0.25, 0.3) is 0 Å². The van der Waals surface area contributed by atoms with Gasteiger partial charge in [0.15, 0.2) is 0 Å². The molecule has 1 fully saturated rings. The van der Waals surface area contributed by atoms with Crippen molar-refractivity contribution in [3.63, 3.8) is 0 Å². The molecule has 1 rings (SSSR count). The highest BCUT2D eigenvalue weighted by atomic mass is 16.3. The van der Waals surface area contributed by atoms with Crippen LogP contribution in [0, 0.1) is 11.8 Å². The Balaban J connectivity index is 2.04. The highest BCUT2D eigenvalue weighted by Gasteiger charge is 2.37. The average molecular weight is 142 g/mol. The number of unbranched alkanes of at least 4 members (excludes halogenated alkanes) is 1. The van der Waals surface area contributed by atoms with Gasteiger partial charge in [-0.15, -0.1) is 0 Å². The van der Waals surface area contributed by atoms with E-state index in [1.165, 1.54) is 19.3 Å². The lowest BCUT2D eigenvalue weighted by atomic mass is 10.1. The molecule has 0 aliphatic heterocycles. The van der Waals surface area contributed by atoms with Gasteiger partial charge >= 0.3 is 0 Å². The summed E-state index contributed by atoms with van der Waals surface area (Å²) in [6.07, 6.45) is 4.67. The van der Waals surface area contributed by atoms with Gasteiger partial charge in [-0.25, -0.2) is 0 Å². The van der Waals surface area contributed by atoms with Gasteiger partial charge in [0.25, 0.3) is 0 Å². The Hall–Kier alpha value is -0.0400. The Labute approximate surface area is 63.4 Å². The first kappa shape index (κ1) is 8.06. The Morgan fingerprint density at radius 2 is 2.20 bits per heavy atom. The minimum Gasteiger partial charge on any atom is -0.393 e. The van der Waals surface area contributed by atoms with E-state index in [-0.39, 0.29) is 6.10 Å². The predicted octanol–water partition coefficient (Wildman–Crippen LogP) is 2.19. The first-order valence-corrected chi connectivity index (χ1v) is 4.43. The molecule has 0 aromatic heterocycles. The van der Waals surface area contributed by atoms with E-state index in [4.69, 9.17) is 0 Å². The summed E-state index contributed by atoms with van der Waals surface area (Å²) >= 11 is 0. The Morgan fingerprint density at radius 1 is 1.60 bits per heavy atom. The van der Waals surface area contributed by atoms with Crippen LogP contribution in [0.2, 0.25) is 0 Å². The van der Waals surface area contributed by atoms with E-state index in [9.17, 15) is 5.11 Å². The van der Waals surface area contributed by atoms with Gasteiger partial charge in [-0.05, 0) is 24.7 Å². The summed E-state index contributed by atoms with van der Waals surface area (Å²) in [5.74, 6) is 1.44. The molecule has 10 heavy (non-hydrogen) atoms. The molecule has 3 atom stereocenters. The summed E-state index contributed by atoms with van der Waals surface area (Å²) in [4.78, 5) is 0. The van der Waals surface area contributed by atoms with E-state index in [0.717, 1.165) is 12.3 Å². The van der Waals surface area contributed by atoms with E-state index >= 15 is 0 Å². The molecule has 1 aliphatic rings. The molecule has 0 amide bonds. The smallest absolute Gasteiger partial charge is 0.0571 e. The molecule has 0 heterocycles. The van der Waals surface area contributed by atoms with Crippen molar-refractivity contribution in [2.24, 2.45) is 11.8 Å². The summed E-state index contributed by atoms with van der Waals surface area (Å²) < 4.78 is 0. The minimum atomic E-state index is 0.00921. The normalized spacial score (nSPS) is 33.9. The zero-order valence-corrected chi connectivity index (χ0v) is 7.01. The fraction of sp³-hybridized carbons (Fsp3) is 1.00. The number of rotatable bonds is 4. The van der Waals surface area contributed by atoms with Crippen molar-refractivity contribution in [2.75, 3.05) is 0 Å². The van der Waals surface area contributed by atoms with Gasteiger partial charge in [-0.2, -0.15) is 0 Å². The third kappa shape index (κ3) is 1.98. The standard InChI is InChI=1S/C9H18O/c1-3-4-5-9(10)8-6-7(8)2/h7-10H,3-6H2,1-2H3/t7-,8+,9?/m0/s1. The van der Waals surface area contributed by atoms with Gasteiger partial charge in [-0.3, -0.25) is 0 Å². The maximum absolute atomic E-state index is 9.49. The highest BCUT2D eigenvalue weighted by Crippen LogP contribution is 2.41. The van der Waals surface area contributed by atoms with Gasteiger partial charge in [0.1, 0.15) is 0 Å². The second-order valence-electron chi connectivity index (χ2n) is 3.59. The SMILES string of the molecule is CCCCC(O)[C@@H]1C[C@@H]1C. The van der Waals surface area contributed by atoms with Crippen LogP contribution in [0.15, 0.2) is 0 Å². The largest absolute Gasteiger partial charge is 0.393 e. The van der Waals surface area contributed by atoms with E-state index in [2.05, 4.69) is 13.8 Å². The molecule has 0 radical (unpaired) electrons. The molecule has 1 heteroatoms. The molecular formula is C9H18O. The summed E-state index contributed by atoms with van der Waals surface area (Å²) in [6, 6.07) is 0. The van der Waals surface area contributed by atoms with Crippen LogP contribution in [-0.2, 0) is 0 Å². The van der Waals surface area contributed by atoms with Crippen LogP contribution in [0.4, 0.5) is 0 Å². The van der Waals surface area contributed by atoms with E-state index < -0.39 is 0 Å². The molecule has 0 spiro atoms. The van der Waals surface area contributed by atoms with E-state index in [1.54, 1.807) is 0 Å². The summed E-state index contributed by atoms with van der Waals surface area (Å²) in [5.41, 5.74) is 0. The lowest BCUT2D eigenvalue weighted by molar-refractivity contribution is 0.133. The van der Waals surface area contributed by atoms with Crippen molar-refractivity contribution in [3.8, 4) is 0 Å². The van der Waals surface area contributed by atoms with Crippen molar-refractivity contribution in [2.45, 2.75) is 45.6 Å². The summed E-state index contributed by atoms with van der Waals surface area (Å²) in [6.45, 7) is 4.39. The molecule has 1 unspecified atom stereocenters. The highest BCUT2D eigenvalue weighted by molar-refractivity contribution is 4.87. The summed E-state index contributed by atoms with van der Waals surface area (Å²) in [5, 5.41) is 9.49. The monoisotopic (exact) mass is 142 g/mol. The molecule has 0 saturated heterocycles. The fourth-order valence-electron chi connectivity index (χ4n) is 1.51. The van der Waals surface area contributed by atoms with Crippen molar-refractivity contribution in [3.05, 3.63) is 0 Å². The predicted molar refractivity (Wildman–Crippen MR) is 42.8 cm³/mol. The second kappa shape index (κ2) is 3.38. The maximum Gasteiger partial charge on any atom is 0.0571 e. The quantitative estimate of drug-likeness (QED) is 0.638. The van der Waals surface area contributed by atoms with Gasteiger partial charge in [0.05, 0.1) is 6.10 Å². The molecule has 0 bridgehead atoms. The third-order valence-corrected chi connectivity index (χ3v) is 2.52. The van der Waals surface area contributed by atoms with Crippen molar-refractivity contribution in [1.29, 1.82) is 0 Å². The van der Waals surface area contributed by atoms with Crippen LogP contribution in [0.5, 0.6) is 0 Å². The molecule has 0 aromatic rings. The summed E-state index contributed by atoms with van der Waals surface area (Å²) in [7, 11) is 0. The zero-order chi connectivity index (χ0) is 7.56. The molecule has 1 aliphatic carbocycles. The van der Waals surface area contributed by atoms with E-state index in [1.807, 2.05) is 0 Å². The number of hydrogen-bond donors (Lipinski definition) is 1. The van der Waals surface area contributed by atoms with Gasteiger partial charge in [0.2, 0.25) is 0 Å². The van der Waals surface area contributed by atoms with Crippen LogP contribution < -0.4 is 0 Å². The first-order valence-electron chi connectivity index (χ1n) is 4.43. The van der Waals surface area contributed by atoms with Gasteiger partial charge in [-0.1, -0.05) is 26.7 Å². The first-order chi connectivity index (χ1) is 4.75. The number of hydrogen-bond acceptors (Lipinski definition) is 1. The molecule has 1 nitrogen and oxygen atoms in total. The molecular weight excluding hydrogens is 124 g/mol. The topological polar surface area (TPSA) is 20.2 Å². The van der Waals surface area contributed by atoms with Crippen LogP contribution in [0.3, 0.4) is 0 Å². The second-order valence-corrected chi connectivity index (χ2v) is 3.59. The molecule has 60 valence electrons. The third-order valence-electron chi connectivity index (χ3n) is 2.52. The van der Waals surface area contributed by atoms with Gasteiger partial charge in [0, 0.05) is 0 Å². The average Bonchev–Trinajstić information content (AvgIpc) is 2.62. The molecule has 1 saturated carbocycles. The maximum atomic E-state index is 9.49. The van der Waals surface area contributed by atoms with Crippen molar-refractivity contribution < 1.29 is 5.11 Å². The van der Waals surface area contributed by atoms with Crippen molar-refractivity contribution >= 4 is 0 Å². The molecule has 0 aromatic carbocycles. The number of aliphatic hydroxyl groups is 1. The fourth-order valence-corrected chi connectivity index (χ4v) is 1.51. The van der Waals surface area contributed by atoms with Gasteiger partial charge < -0.3 is 5.11 Å². The minimum absolute atomic E-state index is 0.00921. The number of aliphatic hydroxyl groups excluding tert-OH is 1. The Morgan fingerprint density at radius 3 is 2.60 bits per heavy atom.